The quantitative estimate of drug-likeness (QED) is 0.298. The first-order valence-electron chi connectivity index (χ1n) is 11.0. The van der Waals surface area contributed by atoms with Gasteiger partial charge in [0.25, 0.3) is 5.56 Å². The van der Waals surface area contributed by atoms with Crippen LogP contribution in [0.25, 0.3) is 11.1 Å². The van der Waals surface area contributed by atoms with Crippen LogP contribution in [0, 0.1) is 6.92 Å². The van der Waals surface area contributed by atoms with Crippen LogP contribution in [0.1, 0.15) is 28.4 Å². The van der Waals surface area contributed by atoms with E-state index < -0.39 is 6.04 Å². The van der Waals surface area contributed by atoms with Gasteiger partial charge >= 0.3 is 0 Å². The third-order valence-electron chi connectivity index (χ3n) is 5.95. The Hall–Kier alpha value is -2.83. The van der Waals surface area contributed by atoms with Gasteiger partial charge in [0.1, 0.15) is 5.75 Å². The van der Waals surface area contributed by atoms with Crippen LogP contribution >= 0.6 is 34.8 Å². The molecule has 0 saturated carbocycles. The van der Waals surface area contributed by atoms with E-state index in [-0.39, 0.29) is 12.1 Å². The second kappa shape index (κ2) is 10.8. The van der Waals surface area contributed by atoms with Crippen molar-refractivity contribution in [3.63, 3.8) is 0 Å². The van der Waals surface area contributed by atoms with Crippen molar-refractivity contribution >= 4 is 34.8 Å². The Kier molecular flexibility index (Phi) is 7.82. The lowest BCUT2D eigenvalue weighted by Gasteiger charge is -2.19. The second-order valence-corrected chi connectivity index (χ2v) is 9.34. The molecule has 0 bridgehead atoms. The number of nitrogens with zero attached hydrogens (tertiary/aromatic N) is 2. The lowest BCUT2D eigenvalue weighted by Crippen LogP contribution is -2.32. The minimum atomic E-state index is -0.436. The molecule has 0 saturated heterocycles. The molecule has 1 heterocycles. The first-order valence-corrected chi connectivity index (χ1v) is 12.1. The van der Waals surface area contributed by atoms with Crippen molar-refractivity contribution in [2.75, 3.05) is 7.11 Å². The van der Waals surface area contributed by atoms with Gasteiger partial charge in [-0.15, -0.1) is 0 Å². The second-order valence-electron chi connectivity index (χ2n) is 8.15. The molecule has 5 nitrogen and oxygen atoms in total. The van der Waals surface area contributed by atoms with Crippen LogP contribution in [0.4, 0.5) is 0 Å². The van der Waals surface area contributed by atoms with Crippen molar-refractivity contribution in [3.8, 4) is 16.9 Å². The number of aromatic nitrogens is 2. The molecule has 3 aromatic carbocycles. The largest absolute Gasteiger partial charge is 0.495 e. The standard InChI is InChI=1S/C27H24Cl3N3O2/c1-16-23(14-19-20(28)11-7-12-21(19)29)32-33(15-22(31)17-8-4-3-5-9-17)27(34)25(16)18-10-6-13-24(35-2)26(18)30/h3-13,22H,14-15,31H2,1-2H3. The fourth-order valence-corrected chi connectivity index (χ4v) is 4.86. The number of ether oxygens (including phenoxy) is 1. The third-order valence-corrected chi connectivity index (χ3v) is 7.05. The minimum absolute atomic E-state index is 0.182. The summed E-state index contributed by atoms with van der Waals surface area (Å²) in [6.07, 6.45) is 0.333. The molecule has 0 amide bonds. The summed E-state index contributed by atoms with van der Waals surface area (Å²) in [7, 11) is 1.53. The van der Waals surface area contributed by atoms with Crippen molar-refractivity contribution in [1.82, 2.24) is 9.78 Å². The van der Waals surface area contributed by atoms with Gasteiger partial charge in [0.2, 0.25) is 0 Å². The van der Waals surface area contributed by atoms with Crippen LogP contribution in [0.15, 0.2) is 71.5 Å². The molecule has 2 N–H and O–H groups in total. The maximum absolute atomic E-state index is 13.7. The Balaban J connectivity index is 1.90. The van der Waals surface area contributed by atoms with Crippen LogP contribution in [0.5, 0.6) is 5.75 Å². The lowest BCUT2D eigenvalue weighted by atomic mass is 9.97. The van der Waals surface area contributed by atoms with Gasteiger partial charge in [-0.1, -0.05) is 83.3 Å². The van der Waals surface area contributed by atoms with Crippen LogP contribution in [-0.2, 0) is 13.0 Å². The SMILES string of the molecule is COc1cccc(-c2c(C)c(Cc3c(Cl)cccc3Cl)nn(CC(N)c3ccccc3)c2=O)c1Cl. The first-order chi connectivity index (χ1) is 16.8. The Morgan fingerprint density at radius 1 is 0.971 bits per heavy atom. The fourth-order valence-electron chi connectivity index (χ4n) is 4.03. The van der Waals surface area contributed by atoms with E-state index in [2.05, 4.69) is 0 Å². The zero-order valence-corrected chi connectivity index (χ0v) is 21.5. The summed E-state index contributed by atoms with van der Waals surface area (Å²) in [6, 6.07) is 19.8. The van der Waals surface area contributed by atoms with Gasteiger partial charge in [-0.2, -0.15) is 5.10 Å². The topological polar surface area (TPSA) is 70.1 Å². The first kappa shape index (κ1) is 25.3. The molecular weight excluding hydrogens is 505 g/mol. The fraction of sp³-hybridized carbons (Fsp3) is 0.185. The molecule has 180 valence electrons. The summed E-state index contributed by atoms with van der Waals surface area (Å²) >= 11 is 19.5. The van der Waals surface area contributed by atoms with E-state index >= 15 is 0 Å². The van der Waals surface area contributed by atoms with Crippen molar-refractivity contribution in [2.45, 2.75) is 25.9 Å². The van der Waals surface area contributed by atoms with E-state index in [9.17, 15) is 4.79 Å². The van der Waals surface area contributed by atoms with E-state index in [0.29, 0.717) is 49.6 Å². The van der Waals surface area contributed by atoms with Crippen LogP contribution in [0.2, 0.25) is 15.1 Å². The number of methoxy groups -OCH3 is 1. The molecule has 35 heavy (non-hydrogen) atoms. The van der Waals surface area contributed by atoms with E-state index in [0.717, 1.165) is 11.1 Å². The number of hydrogen-bond acceptors (Lipinski definition) is 4. The Morgan fingerprint density at radius 3 is 2.29 bits per heavy atom. The number of rotatable bonds is 7. The van der Waals surface area contributed by atoms with Gasteiger partial charge in [-0.25, -0.2) is 4.68 Å². The smallest absolute Gasteiger partial charge is 0.275 e. The van der Waals surface area contributed by atoms with E-state index in [1.165, 1.54) is 11.8 Å². The zero-order chi connectivity index (χ0) is 25.1. The van der Waals surface area contributed by atoms with E-state index in [4.69, 9.17) is 50.4 Å². The highest BCUT2D eigenvalue weighted by Gasteiger charge is 2.22. The van der Waals surface area contributed by atoms with Crippen molar-refractivity contribution in [3.05, 3.63) is 115 Å². The molecule has 0 aliphatic heterocycles. The van der Waals surface area contributed by atoms with E-state index in [1.54, 1.807) is 36.4 Å². The Labute approximate surface area is 219 Å². The molecule has 4 rings (SSSR count). The van der Waals surface area contributed by atoms with Gasteiger partial charge in [0, 0.05) is 28.1 Å². The van der Waals surface area contributed by atoms with Gasteiger partial charge in [-0.3, -0.25) is 4.79 Å². The zero-order valence-electron chi connectivity index (χ0n) is 19.3. The summed E-state index contributed by atoms with van der Waals surface area (Å²) in [5, 5.41) is 6.11. The number of benzene rings is 3. The molecule has 4 aromatic rings. The van der Waals surface area contributed by atoms with Crippen LogP contribution in [-0.4, -0.2) is 16.9 Å². The molecule has 0 fully saturated rings. The molecule has 0 aliphatic carbocycles. The molecule has 0 spiro atoms. The van der Waals surface area contributed by atoms with Crippen LogP contribution in [0.3, 0.4) is 0 Å². The summed E-state index contributed by atoms with van der Waals surface area (Å²) in [4.78, 5) is 13.7. The highest BCUT2D eigenvalue weighted by molar-refractivity contribution is 6.36. The highest BCUT2D eigenvalue weighted by atomic mass is 35.5. The van der Waals surface area contributed by atoms with Crippen molar-refractivity contribution in [2.24, 2.45) is 5.73 Å². The lowest BCUT2D eigenvalue weighted by molar-refractivity contribution is 0.415. The van der Waals surface area contributed by atoms with Gasteiger partial charge in [0.05, 0.1) is 29.9 Å². The highest BCUT2D eigenvalue weighted by Crippen LogP contribution is 2.36. The average molecular weight is 529 g/mol. The van der Waals surface area contributed by atoms with Crippen molar-refractivity contribution < 1.29 is 4.74 Å². The maximum atomic E-state index is 13.7. The van der Waals surface area contributed by atoms with Crippen molar-refractivity contribution in [1.29, 1.82) is 0 Å². The number of halogens is 3. The average Bonchev–Trinajstić information content (AvgIpc) is 2.85. The predicted molar refractivity (Wildman–Crippen MR) is 143 cm³/mol. The molecule has 1 atom stereocenters. The Morgan fingerprint density at radius 2 is 1.63 bits per heavy atom. The Bertz CT molecular complexity index is 1400. The molecule has 1 unspecified atom stereocenters. The summed E-state index contributed by atoms with van der Waals surface area (Å²) in [5.74, 6) is 0.475. The monoisotopic (exact) mass is 527 g/mol. The summed E-state index contributed by atoms with van der Waals surface area (Å²) in [5.41, 5.74) is 10.1. The third kappa shape index (κ3) is 5.24. The predicted octanol–water partition coefficient (Wildman–Crippen LogP) is 6.48. The molecular formula is C27H24Cl3N3O2. The molecule has 0 radical (unpaired) electrons. The maximum Gasteiger partial charge on any atom is 0.275 e. The minimum Gasteiger partial charge on any atom is -0.495 e. The van der Waals surface area contributed by atoms with Crippen LogP contribution < -0.4 is 16.0 Å². The van der Waals surface area contributed by atoms with Gasteiger partial charge in [-0.05, 0) is 41.8 Å². The van der Waals surface area contributed by atoms with Gasteiger partial charge in [0.15, 0.2) is 0 Å². The van der Waals surface area contributed by atoms with Gasteiger partial charge < -0.3 is 10.5 Å². The molecule has 0 aliphatic rings. The molecule has 8 heteroatoms. The van der Waals surface area contributed by atoms with E-state index in [1.807, 2.05) is 37.3 Å². The summed E-state index contributed by atoms with van der Waals surface area (Å²) in [6.45, 7) is 2.03. The normalized spacial score (nSPS) is 11.9. The molecule has 1 aromatic heterocycles. The number of nitrogens with two attached hydrogens (primary N) is 1. The summed E-state index contributed by atoms with van der Waals surface area (Å²) < 4.78 is 6.78. The number of hydrogen-bond donors (Lipinski definition) is 1.